The van der Waals surface area contributed by atoms with E-state index >= 15 is 0 Å². The van der Waals surface area contributed by atoms with Crippen LogP contribution >= 0.6 is 0 Å². The molecule has 0 rings (SSSR count). The Labute approximate surface area is 99.0 Å². The van der Waals surface area contributed by atoms with Crippen LogP contribution in [0.1, 0.15) is 6.92 Å². The van der Waals surface area contributed by atoms with Crippen molar-refractivity contribution in [3.8, 4) is 6.07 Å². The van der Waals surface area contributed by atoms with Gasteiger partial charge in [-0.25, -0.2) is 0 Å². The lowest BCUT2D eigenvalue weighted by molar-refractivity contribution is -0.277. The van der Waals surface area contributed by atoms with Crippen molar-refractivity contribution in [3.05, 3.63) is 0 Å². The summed E-state index contributed by atoms with van der Waals surface area (Å²) in [5.41, 5.74) is 0. The van der Waals surface area contributed by atoms with Gasteiger partial charge in [0.25, 0.3) is 0 Å². The molecule has 0 radical (unpaired) electrons. The summed E-state index contributed by atoms with van der Waals surface area (Å²) in [7, 11) is 0.792. The van der Waals surface area contributed by atoms with E-state index in [4.69, 9.17) is 5.26 Å². The van der Waals surface area contributed by atoms with Gasteiger partial charge >= 0.3 is 12.4 Å². The number of nitriles is 1. The van der Waals surface area contributed by atoms with Crippen LogP contribution in [-0.4, -0.2) is 36.8 Å². The summed E-state index contributed by atoms with van der Waals surface area (Å²) >= 11 is 0. The van der Waals surface area contributed by atoms with Crippen molar-refractivity contribution in [1.82, 2.24) is 4.90 Å². The smallest absolute Gasteiger partial charge is 0.344 e. The molecule has 0 aromatic carbocycles. The lowest BCUT2D eigenvalue weighted by atomic mass is 10.1. The molecule has 0 saturated heterocycles. The number of carbonyl (C=O) groups excluding carboxylic acids is 1. The number of carbonyl (C=O) groups is 1. The van der Waals surface area contributed by atoms with Gasteiger partial charge in [0.15, 0.2) is 0 Å². The second-order valence-corrected chi connectivity index (χ2v) is 3.77. The van der Waals surface area contributed by atoms with Crippen molar-refractivity contribution in [2.75, 3.05) is 13.6 Å². The first-order valence-electron chi connectivity index (χ1n) is 4.69. The van der Waals surface area contributed by atoms with Crippen molar-refractivity contribution in [2.45, 2.75) is 19.3 Å². The van der Waals surface area contributed by atoms with E-state index in [1.807, 2.05) is 0 Å². The van der Waals surface area contributed by atoms with Crippen LogP contribution in [0.5, 0.6) is 0 Å². The summed E-state index contributed by atoms with van der Waals surface area (Å²) in [6.45, 7) is 0.776. The maximum Gasteiger partial charge on any atom is 0.409 e. The zero-order valence-corrected chi connectivity index (χ0v) is 9.43. The Morgan fingerprint density at radius 3 is 1.89 bits per heavy atom. The summed E-state index contributed by atoms with van der Waals surface area (Å²) in [5.74, 6) is -7.03. The predicted octanol–water partition coefficient (Wildman–Crippen LogP) is 2.35. The van der Waals surface area contributed by atoms with Crippen molar-refractivity contribution < 1.29 is 31.1 Å². The molecule has 0 aromatic heterocycles. The molecule has 1 atom stereocenters. The molecule has 18 heavy (non-hydrogen) atoms. The van der Waals surface area contributed by atoms with Gasteiger partial charge in [0, 0.05) is 13.6 Å². The maximum atomic E-state index is 12.2. The Bertz CT molecular complexity index is 328. The van der Waals surface area contributed by atoms with Gasteiger partial charge in [0.05, 0.1) is 12.0 Å². The molecule has 1 unspecified atom stereocenters. The molecule has 9 heteroatoms. The highest BCUT2D eigenvalue weighted by Crippen LogP contribution is 2.40. The van der Waals surface area contributed by atoms with Gasteiger partial charge < -0.3 is 4.90 Å². The standard InChI is InChI=1S/C9H10F6N2O/c1-5(3-16)4-17(2)7(18)6(8(10,11)12)9(13,14)15/h5-6H,4H2,1-2H3. The summed E-state index contributed by atoms with van der Waals surface area (Å²) in [6.07, 6.45) is -11.4. The number of hydrogen-bond donors (Lipinski definition) is 0. The van der Waals surface area contributed by atoms with E-state index in [1.165, 1.54) is 6.92 Å². The van der Waals surface area contributed by atoms with E-state index in [2.05, 4.69) is 0 Å². The second kappa shape index (κ2) is 5.46. The Morgan fingerprint density at radius 1 is 1.22 bits per heavy atom. The largest absolute Gasteiger partial charge is 0.409 e. The number of alkyl halides is 6. The third-order valence-corrected chi connectivity index (χ3v) is 2.05. The Balaban J connectivity index is 5.07. The fourth-order valence-electron chi connectivity index (χ4n) is 1.23. The van der Waals surface area contributed by atoms with Crippen LogP contribution in [0.15, 0.2) is 0 Å². The van der Waals surface area contributed by atoms with Crippen molar-refractivity contribution in [3.63, 3.8) is 0 Å². The van der Waals surface area contributed by atoms with Crippen LogP contribution in [0.2, 0.25) is 0 Å². The lowest BCUT2D eigenvalue weighted by Gasteiger charge is -2.27. The van der Waals surface area contributed by atoms with E-state index in [1.54, 1.807) is 6.07 Å². The van der Waals surface area contributed by atoms with E-state index in [0.29, 0.717) is 0 Å². The van der Waals surface area contributed by atoms with Gasteiger partial charge in [-0.3, -0.25) is 4.79 Å². The second-order valence-electron chi connectivity index (χ2n) is 3.77. The number of hydrogen-bond acceptors (Lipinski definition) is 2. The average molecular weight is 276 g/mol. The molecule has 0 heterocycles. The third kappa shape index (κ3) is 4.43. The molecule has 0 spiro atoms. The summed E-state index contributed by atoms with van der Waals surface area (Å²) in [6, 6.07) is 1.61. The zero-order chi connectivity index (χ0) is 14.7. The van der Waals surface area contributed by atoms with Crippen LogP contribution in [0, 0.1) is 23.2 Å². The van der Waals surface area contributed by atoms with Gasteiger partial charge in [-0.05, 0) is 6.92 Å². The molecule has 0 aliphatic carbocycles. The quantitative estimate of drug-likeness (QED) is 0.743. The molecular formula is C9H10F6N2O. The molecule has 0 bridgehead atoms. The molecule has 0 aromatic rings. The van der Waals surface area contributed by atoms with Crippen LogP contribution in [-0.2, 0) is 4.79 Å². The van der Waals surface area contributed by atoms with Crippen molar-refractivity contribution in [1.29, 1.82) is 5.26 Å². The van der Waals surface area contributed by atoms with Gasteiger partial charge in [0.2, 0.25) is 11.8 Å². The molecule has 0 fully saturated rings. The van der Waals surface area contributed by atoms with Crippen LogP contribution in [0.25, 0.3) is 0 Å². The highest BCUT2D eigenvalue weighted by molar-refractivity contribution is 5.80. The van der Waals surface area contributed by atoms with Crippen LogP contribution in [0.4, 0.5) is 26.3 Å². The molecular weight excluding hydrogens is 266 g/mol. The highest BCUT2D eigenvalue weighted by Gasteiger charge is 2.61. The molecule has 0 saturated carbocycles. The Kier molecular flexibility index (Phi) is 5.01. The first-order chi connectivity index (χ1) is 7.91. The van der Waals surface area contributed by atoms with E-state index in [9.17, 15) is 31.1 Å². The number of nitrogens with zero attached hydrogens (tertiary/aromatic N) is 2. The number of halogens is 6. The van der Waals surface area contributed by atoms with Crippen molar-refractivity contribution >= 4 is 5.91 Å². The minimum atomic E-state index is -5.71. The van der Waals surface area contributed by atoms with Gasteiger partial charge in [-0.1, -0.05) is 0 Å². The van der Waals surface area contributed by atoms with Gasteiger partial charge in [-0.15, -0.1) is 0 Å². The van der Waals surface area contributed by atoms with Crippen LogP contribution in [0.3, 0.4) is 0 Å². The molecule has 1 amide bonds. The minimum Gasteiger partial charge on any atom is -0.344 e. The molecule has 0 N–H and O–H groups in total. The first-order valence-corrected chi connectivity index (χ1v) is 4.69. The summed E-state index contributed by atoms with van der Waals surface area (Å²) in [5, 5.41) is 8.39. The maximum absolute atomic E-state index is 12.2. The highest BCUT2D eigenvalue weighted by atomic mass is 19.4. The van der Waals surface area contributed by atoms with Crippen molar-refractivity contribution in [2.24, 2.45) is 11.8 Å². The molecule has 0 aliphatic rings. The molecule has 0 aliphatic heterocycles. The van der Waals surface area contributed by atoms with E-state index < -0.39 is 36.6 Å². The first kappa shape index (κ1) is 16.5. The molecule has 3 nitrogen and oxygen atoms in total. The predicted molar refractivity (Wildman–Crippen MR) is 48.0 cm³/mol. The number of amides is 1. The SMILES string of the molecule is CC(C#N)CN(C)C(=O)C(C(F)(F)F)C(F)(F)F. The normalized spacial score (nSPS) is 14.2. The summed E-state index contributed by atoms with van der Waals surface area (Å²) < 4.78 is 73.3. The zero-order valence-electron chi connectivity index (χ0n) is 9.43. The topological polar surface area (TPSA) is 44.1 Å². The lowest BCUT2D eigenvalue weighted by Crippen LogP contribution is -2.49. The fourth-order valence-corrected chi connectivity index (χ4v) is 1.23. The minimum absolute atomic E-state index is 0.263. The third-order valence-electron chi connectivity index (χ3n) is 2.05. The van der Waals surface area contributed by atoms with E-state index in [-0.39, 0.29) is 4.90 Å². The fraction of sp³-hybridized carbons (Fsp3) is 0.778. The van der Waals surface area contributed by atoms with Crippen LogP contribution < -0.4 is 0 Å². The number of rotatable bonds is 3. The summed E-state index contributed by atoms with van der Waals surface area (Å²) in [4.78, 5) is 11.4. The molecule has 104 valence electrons. The van der Waals surface area contributed by atoms with Gasteiger partial charge in [-0.2, -0.15) is 31.6 Å². The monoisotopic (exact) mass is 276 g/mol. The average Bonchev–Trinajstić information content (AvgIpc) is 2.12. The van der Waals surface area contributed by atoms with Gasteiger partial charge in [0.1, 0.15) is 0 Å². The van der Waals surface area contributed by atoms with E-state index in [0.717, 1.165) is 7.05 Å². The Hall–Kier alpha value is -1.46. The Morgan fingerprint density at radius 2 is 1.61 bits per heavy atom.